The third kappa shape index (κ3) is 4.07. The first-order valence-corrected chi connectivity index (χ1v) is 8.26. The molecule has 0 unspecified atom stereocenters. The normalized spacial score (nSPS) is 10.7. The van der Waals surface area contributed by atoms with E-state index in [1.54, 1.807) is 7.11 Å². The standard InChI is InChI=1S/C17H15ClN2O2S/c1-21-10-9-16-19-17(23-20-16)22-15-8-7-13(11-14(15)18)12-5-3-2-4-6-12/h2-8,11H,9-10H2,1H3. The fourth-order valence-corrected chi connectivity index (χ4v) is 2.87. The average Bonchev–Trinajstić information content (AvgIpc) is 3.03. The summed E-state index contributed by atoms with van der Waals surface area (Å²) in [5.74, 6) is 1.28. The lowest BCUT2D eigenvalue weighted by atomic mass is 10.1. The zero-order valence-electron chi connectivity index (χ0n) is 12.5. The van der Waals surface area contributed by atoms with E-state index >= 15 is 0 Å². The monoisotopic (exact) mass is 346 g/mol. The van der Waals surface area contributed by atoms with Gasteiger partial charge in [0.2, 0.25) is 0 Å². The Morgan fingerprint density at radius 1 is 1.09 bits per heavy atom. The van der Waals surface area contributed by atoms with Gasteiger partial charge in [-0.05, 0) is 23.3 Å². The molecule has 0 spiro atoms. The average molecular weight is 347 g/mol. The lowest BCUT2D eigenvalue weighted by molar-refractivity contribution is 0.200. The van der Waals surface area contributed by atoms with Crippen molar-refractivity contribution in [3.63, 3.8) is 0 Å². The van der Waals surface area contributed by atoms with Crippen LogP contribution in [-0.2, 0) is 11.2 Å². The summed E-state index contributed by atoms with van der Waals surface area (Å²) < 4.78 is 15.0. The molecule has 0 aliphatic heterocycles. The Labute approximate surface area is 143 Å². The van der Waals surface area contributed by atoms with Gasteiger partial charge >= 0.3 is 0 Å². The van der Waals surface area contributed by atoms with Crippen LogP contribution in [0.15, 0.2) is 48.5 Å². The molecule has 6 heteroatoms. The summed E-state index contributed by atoms with van der Waals surface area (Å²) in [6, 6.07) is 15.8. The number of ether oxygens (including phenoxy) is 2. The van der Waals surface area contributed by atoms with Gasteiger partial charge in [0.15, 0.2) is 0 Å². The molecule has 2 aromatic carbocycles. The van der Waals surface area contributed by atoms with E-state index in [2.05, 4.69) is 9.36 Å². The van der Waals surface area contributed by atoms with E-state index in [4.69, 9.17) is 21.1 Å². The van der Waals surface area contributed by atoms with Crippen molar-refractivity contribution in [2.75, 3.05) is 13.7 Å². The van der Waals surface area contributed by atoms with Gasteiger partial charge in [-0.1, -0.05) is 48.0 Å². The maximum Gasteiger partial charge on any atom is 0.298 e. The smallest absolute Gasteiger partial charge is 0.298 e. The molecule has 0 fully saturated rings. The summed E-state index contributed by atoms with van der Waals surface area (Å²) in [5.41, 5.74) is 2.15. The van der Waals surface area contributed by atoms with Gasteiger partial charge < -0.3 is 9.47 Å². The lowest BCUT2D eigenvalue weighted by Crippen LogP contribution is -1.96. The highest BCUT2D eigenvalue weighted by molar-refractivity contribution is 7.07. The largest absolute Gasteiger partial charge is 0.428 e. The molecular weight excluding hydrogens is 332 g/mol. The van der Waals surface area contributed by atoms with Crippen LogP contribution in [-0.4, -0.2) is 23.1 Å². The van der Waals surface area contributed by atoms with E-state index in [-0.39, 0.29) is 0 Å². The van der Waals surface area contributed by atoms with Crippen LogP contribution >= 0.6 is 23.1 Å². The Morgan fingerprint density at radius 2 is 1.91 bits per heavy atom. The first-order chi connectivity index (χ1) is 11.3. The van der Waals surface area contributed by atoms with Gasteiger partial charge in [0.1, 0.15) is 11.6 Å². The summed E-state index contributed by atoms with van der Waals surface area (Å²) >= 11 is 7.54. The zero-order chi connectivity index (χ0) is 16.1. The third-order valence-electron chi connectivity index (χ3n) is 3.22. The second-order valence-electron chi connectivity index (χ2n) is 4.83. The highest BCUT2D eigenvalue weighted by Crippen LogP contribution is 2.33. The van der Waals surface area contributed by atoms with Crippen LogP contribution in [0.3, 0.4) is 0 Å². The van der Waals surface area contributed by atoms with Gasteiger partial charge in [0.05, 0.1) is 11.6 Å². The van der Waals surface area contributed by atoms with E-state index in [1.807, 2.05) is 48.5 Å². The van der Waals surface area contributed by atoms with Crippen molar-refractivity contribution in [1.29, 1.82) is 0 Å². The summed E-state index contributed by atoms with van der Waals surface area (Å²) in [6.45, 7) is 0.586. The van der Waals surface area contributed by atoms with Crippen molar-refractivity contribution in [3.8, 4) is 22.1 Å². The van der Waals surface area contributed by atoms with Crippen molar-refractivity contribution in [2.24, 2.45) is 0 Å². The van der Waals surface area contributed by atoms with Gasteiger partial charge in [0.25, 0.3) is 5.19 Å². The van der Waals surface area contributed by atoms with Crippen molar-refractivity contribution in [3.05, 3.63) is 59.4 Å². The number of nitrogens with zero attached hydrogens (tertiary/aromatic N) is 2. The molecule has 0 aliphatic carbocycles. The lowest BCUT2D eigenvalue weighted by Gasteiger charge is -2.07. The van der Waals surface area contributed by atoms with E-state index in [0.29, 0.717) is 34.8 Å². The Balaban J connectivity index is 1.75. The SMILES string of the molecule is COCCc1nsc(Oc2ccc(-c3ccccc3)cc2Cl)n1. The minimum Gasteiger partial charge on any atom is -0.428 e. The van der Waals surface area contributed by atoms with E-state index in [1.165, 1.54) is 11.5 Å². The van der Waals surface area contributed by atoms with Gasteiger partial charge in [-0.2, -0.15) is 9.36 Å². The number of benzene rings is 2. The molecule has 23 heavy (non-hydrogen) atoms. The highest BCUT2D eigenvalue weighted by Gasteiger charge is 2.10. The van der Waals surface area contributed by atoms with Crippen molar-refractivity contribution < 1.29 is 9.47 Å². The van der Waals surface area contributed by atoms with Crippen LogP contribution in [0.4, 0.5) is 0 Å². The molecule has 1 aromatic heterocycles. The molecule has 0 atom stereocenters. The first kappa shape index (κ1) is 15.9. The number of hydrogen-bond donors (Lipinski definition) is 0. The summed E-state index contributed by atoms with van der Waals surface area (Å²) in [7, 11) is 1.65. The zero-order valence-corrected chi connectivity index (χ0v) is 14.1. The van der Waals surface area contributed by atoms with Crippen LogP contribution in [0.5, 0.6) is 10.9 Å². The van der Waals surface area contributed by atoms with E-state index in [9.17, 15) is 0 Å². The van der Waals surface area contributed by atoms with Gasteiger partial charge in [-0.3, -0.25) is 0 Å². The van der Waals surface area contributed by atoms with Gasteiger partial charge in [-0.25, -0.2) is 0 Å². The molecular formula is C17H15ClN2O2S. The number of hydrogen-bond acceptors (Lipinski definition) is 5. The molecule has 4 nitrogen and oxygen atoms in total. The van der Waals surface area contributed by atoms with Crippen LogP contribution < -0.4 is 4.74 Å². The van der Waals surface area contributed by atoms with Crippen LogP contribution in [0.2, 0.25) is 5.02 Å². The topological polar surface area (TPSA) is 44.2 Å². The van der Waals surface area contributed by atoms with Gasteiger partial charge in [0, 0.05) is 25.1 Å². The maximum atomic E-state index is 6.33. The summed E-state index contributed by atoms with van der Waals surface area (Å²) in [5, 5.41) is 1.02. The van der Waals surface area contributed by atoms with Crippen LogP contribution in [0.1, 0.15) is 5.82 Å². The molecule has 3 rings (SSSR count). The Kier molecular flexibility index (Phi) is 5.23. The first-order valence-electron chi connectivity index (χ1n) is 7.10. The number of rotatable bonds is 6. The molecule has 118 valence electrons. The third-order valence-corrected chi connectivity index (χ3v) is 4.14. The maximum absolute atomic E-state index is 6.33. The van der Waals surface area contributed by atoms with E-state index < -0.39 is 0 Å². The molecule has 0 bridgehead atoms. The highest BCUT2D eigenvalue weighted by atomic mass is 35.5. The molecule has 0 amide bonds. The Bertz CT molecular complexity index is 777. The number of halogens is 1. The molecule has 3 aromatic rings. The predicted octanol–water partition coefficient (Wildman–Crippen LogP) is 4.84. The minimum atomic E-state index is 0.477. The Morgan fingerprint density at radius 3 is 2.65 bits per heavy atom. The van der Waals surface area contributed by atoms with Gasteiger partial charge in [-0.15, -0.1) is 0 Å². The number of aromatic nitrogens is 2. The summed E-state index contributed by atoms with van der Waals surface area (Å²) in [4.78, 5) is 4.31. The van der Waals surface area contributed by atoms with Crippen LogP contribution in [0.25, 0.3) is 11.1 Å². The molecule has 0 radical (unpaired) electrons. The second-order valence-corrected chi connectivity index (χ2v) is 5.95. The van der Waals surface area contributed by atoms with E-state index in [0.717, 1.165) is 11.1 Å². The molecule has 0 saturated carbocycles. The quantitative estimate of drug-likeness (QED) is 0.640. The predicted molar refractivity (Wildman–Crippen MR) is 92.5 cm³/mol. The minimum absolute atomic E-state index is 0.477. The van der Waals surface area contributed by atoms with Crippen molar-refractivity contribution in [1.82, 2.24) is 9.36 Å². The molecule has 0 aliphatic rings. The summed E-state index contributed by atoms with van der Waals surface area (Å²) in [6.07, 6.45) is 0.664. The van der Waals surface area contributed by atoms with Crippen molar-refractivity contribution >= 4 is 23.1 Å². The molecule has 0 N–H and O–H groups in total. The Hall–Kier alpha value is -1.95. The van der Waals surface area contributed by atoms with Crippen molar-refractivity contribution in [2.45, 2.75) is 6.42 Å². The second kappa shape index (κ2) is 7.55. The molecule has 0 saturated heterocycles. The number of methoxy groups -OCH3 is 1. The molecule has 1 heterocycles. The fourth-order valence-electron chi connectivity index (χ4n) is 2.06. The fraction of sp³-hybridized carbons (Fsp3) is 0.176. The van der Waals surface area contributed by atoms with Crippen LogP contribution in [0, 0.1) is 0 Å².